The number of nitrogens with one attached hydrogen (secondary N) is 1. The van der Waals surface area contributed by atoms with Crippen LogP contribution in [0.3, 0.4) is 0 Å². The van der Waals surface area contributed by atoms with Crippen LogP contribution in [0.1, 0.15) is 37.1 Å². The monoisotopic (exact) mass is 223 g/mol. The molecule has 80 valence electrons. The molecule has 1 aromatic rings. The van der Waals surface area contributed by atoms with Crippen LogP contribution in [0.15, 0.2) is 0 Å². The second kappa shape index (κ2) is 3.27. The highest BCUT2D eigenvalue weighted by molar-refractivity contribution is 7.15. The van der Waals surface area contributed by atoms with Crippen LogP contribution in [0.2, 0.25) is 0 Å². The number of anilines is 1. The van der Waals surface area contributed by atoms with Gasteiger partial charge in [0, 0.05) is 11.8 Å². The molecule has 2 aliphatic rings. The lowest BCUT2D eigenvalue weighted by molar-refractivity contribution is -0.117. The molecule has 2 aliphatic carbocycles. The Hall–Kier alpha value is -0.970. The van der Waals surface area contributed by atoms with E-state index in [1.54, 1.807) is 0 Å². The van der Waals surface area contributed by atoms with Crippen LogP contribution in [0.4, 0.5) is 5.13 Å². The zero-order valence-electron chi connectivity index (χ0n) is 8.56. The van der Waals surface area contributed by atoms with E-state index in [-0.39, 0.29) is 11.8 Å². The zero-order valence-corrected chi connectivity index (χ0v) is 9.38. The predicted octanol–water partition coefficient (Wildman–Crippen LogP) is 2.01. The van der Waals surface area contributed by atoms with Crippen LogP contribution < -0.4 is 5.32 Å². The molecule has 0 radical (unpaired) electrons. The zero-order chi connectivity index (χ0) is 10.4. The summed E-state index contributed by atoms with van der Waals surface area (Å²) in [5.41, 5.74) is 0. The molecule has 0 saturated heterocycles. The SMILES string of the molecule is C[C@@H]1C[C@H]1C(=O)Nc1nnc(C2CC2)s1. The van der Waals surface area contributed by atoms with Gasteiger partial charge in [-0.2, -0.15) is 0 Å². The number of nitrogens with zero attached hydrogens (tertiary/aromatic N) is 2. The van der Waals surface area contributed by atoms with Gasteiger partial charge in [-0.3, -0.25) is 4.79 Å². The number of amides is 1. The second-order valence-electron chi connectivity index (χ2n) is 4.53. The molecule has 1 heterocycles. The van der Waals surface area contributed by atoms with E-state index in [1.165, 1.54) is 24.2 Å². The smallest absolute Gasteiger partial charge is 0.229 e. The molecule has 2 saturated carbocycles. The van der Waals surface area contributed by atoms with Gasteiger partial charge in [-0.05, 0) is 25.2 Å². The molecule has 3 rings (SSSR count). The Labute approximate surface area is 92.1 Å². The average Bonchev–Trinajstić information content (AvgIpc) is 3.10. The van der Waals surface area contributed by atoms with Gasteiger partial charge in [0.15, 0.2) is 0 Å². The van der Waals surface area contributed by atoms with E-state index in [4.69, 9.17) is 0 Å². The van der Waals surface area contributed by atoms with Gasteiger partial charge in [-0.25, -0.2) is 0 Å². The lowest BCUT2D eigenvalue weighted by atomic mass is 10.3. The van der Waals surface area contributed by atoms with Crippen molar-refractivity contribution in [3.8, 4) is 0 Å². The first-order valence-corrected chi connectivity index (χ1v) is 6.20. The van der Waals surface area contributed by atoms with E-state index in [2.05, 4.69) is 22.4 Å². The fraction of sp³-hybridized carbons (Fsp3) is 0.700. The molecule has 4 nitrogen and oxygen atoms in total. The number of aromatic nitrogens is 2. The van der Waals surface area contributed by atoms with Crippen molar-refractivity contribution in [3.05, 3.63) is 5.01 Å². The lowest BCUT2D eigenvalue weighted by Gasteiger charge is -1.97. The van der Waals surface area contributed by atoms with E-state index in [1.807, 2.05) is 0 Å². The summed E-state index contributed by atoms with van der Waals surface area (Å²) in [6.45, 7) is 2.10. The molecule has 2 fully saturated rings. The number of rotatable bonds is 3. The Balaban J connectivity index is 1.63. The fourth-order valence-electron chi connectivity index (χ4n) is 1.67. The van der Waals surface area contributed by atoms with Gasteiger partial charge in [-0.15, -0.1) is 10.2 Å². The van der Waals surface area contributed by atoms with E-state index >= 15 is 0 Å². The lowest BCUT2D eigenvalue weighted by Crippen LogP contribution is -2.14. The van der Waals surface area contributed by atoms with Gasteiger partial charge in [0.2, 0.25) is 11.0 Å². The van der Waals surface area contributed by atoms with Crippen LogP contribution in [-0.2, 0) is 4.79 Å². The summed E-state index contributed by atoms with van der Waals surface area (Å²) in [5.74, 6) is 1.48. The highest BCUT2D eigenvalue weighted by atomic mass is 32.1. The van der Waals surface area contributed by atoms with Crippen LogP contribution >= 0.6 is 11.3 Å². The molecule has 0 aliphatic heterocycles. The van der Waals surface area contributed by atoms with E-state index in [0.29, 0.717) is 17.0 Å². The Morgan fingerprint density at radius 1 is 1.47 bits per heavy atom. The van der Waals surface area contributed by atoms with Crippen molar-refractivity contribution in [2.75, 3.05) is 5.32 Å². The van der Waals surface area contributed by atoms with Gasteiger partial charge in [0.05, 0.1) is 0 Å². The topological polar surface area (TPSA) is 54.9 Å². The Bertz CT molecular complexity index is 399. The molecule has 5 heteroatoms. The van der Waals surface area contributed by atoms with E-state index in [0.717, 1.165) is 11.4 Å². The molecule has 15 heavy (non-hydrogen) atoms. The van der Waals surface area contributed by atoms with Gasteiger partial charge in [-0.1, -0.05) is 18.3 Å². The largest absolute Gasteiger partial charge is 0.300 e. The molecule has 0 unspecified atom stereocenters. The Morgan fingerprint density at radius 3 is 2.80 bits per heavy atom. The van der Waals surface area contributed by atoms with Crippen LogP contribution in [0, 0.1) is 11.8 Å². The van der Waals surface area contributed by atoms with Gasteiger partial charge >= 0.3 is 0 Å². The standard InChI is InChI=1S/C10H13N3OS/c1-5-4-7(5)8(14)11-10-13-12-9(15-10)6-2-3-6/h5-7H,2-4H2,1H3,(H,11,13,14)/t5-,7-/m1/s1. The molecule has 1 N–H and O–H groups in total. The first-order valence-electron chi connectivity index (χ1n) is 5.38. The number of carbonyl (C=O) groups excluding carboxylic acids is 1. The van der Waals surface area contributed by atoms with Crippen molar-refractivity contribution < 1.29 is 4.79 Å². The summed E-state index contributed by atoms with van der Waals surface area (Å²) in [7, 11) is 0. The minimum atomic E-state index is 0.112. The number of hydrogen-bond acceptors (Lipinski definition) is 4. The maximum atomic E-state index is 11.6. The van der Waals surface area contributed by atoms with Crippen LogP contribution in [0.25, 0.3) is 0 Å². The summed E-state index contributed by atoms with van der Waals surface area (Å²) < 4.78 is 0. The molecular formula is C10H13N3OS. The summed E-state index contributed by atoms with van der Waals surface area (Å²) in [4.78, 5) is 11.6. The first-order chi connectivity index (χ1) is 7.24. The Kier molecular flexibility index (Phi) is 2.02. The minimum absolute atomic E-state index is 0.112. The Morgan fingerprint density at radius 2 is 2.20 bits per heavy atom. The van der Waals surface area contributed by atoms with Gasteiger partial charge in [0.25, 0.3) is 0 Å². The van der Waals surface area contributed by atoms with Crippen molar-refractivity contribution in [1.82, 2.24) is 10.2 Å². The number of hydrogen-bond donors (Lipinski definition) is 1. The molecule has 0 aromatic carbocycles. The second-order valence-corrected chi connectivity index (χ2v) is 5.54. The third-order valence-corrected chi connectivity index (χ3v) is 4.04. The molecule has 1 amide bonds. The van der Waals surface area contributed by atoms with Crippen molar-refractivity contribution in [2.24, 2.45) is 11.8 Å². The van der Waals surface area contributed by atoms with Crippen molar-refractivity contribution in [2.45, 2.75) is 32.1 Å². The summed E-state index contributed by atoms with van der Waals surface area (Å²) >= 11 is 1.52. The normalized spacial score (nSPS) is 28.9. The fourth-order valence-corrected chi connectivity index (χ4v) is 2.58. The number of carbonyl (C=O) groups is 1. The van der Waals surface area contributed by atoms with E-state index in [9.17, 15) is 4.79 Å². The first kappa shape index (κ1) is 9.27. The molecule has 0 bridgehead atoms. The third-order valence-electron chi connectivity index (χ3n) is 3.04. The molecular weight excluding hydrogens is 210 g/mol. The average molecular weight is 223 g/mol. The molecule has 1 aromatic heterocycles. The van der Waals surface area contributed by atoms with E-state index < -0.39 is 0 Å². The summed E-state index contributed by atoms with van der Waals surface area (Å²) in [6.07, 6.45) is 3.46. The molecule has 2 atom stereocenters. The van der Waals surface area contributed by atoms with Crippen LogP contribution in [-0.4, -0.2) is 16.1 Å². The predicted molar refractivity (Wildman–Crippen MR) is 57.8 cm³/mol. The molecule has 0 spiro atoms. The third kappa shape index (κ3) is 1.88. The van der Waals surface area contributed by atoms with Crippen molar-refractivity contribution in [3.63, 3.8) is 0 Å². The maximum Gasteiger partial charge on any atom is 0.229 e. The minimum Gasteiger partial charge on any atom is -0.300 e. The summed E-state index contributed by atoms with van der Waals surface area (Å²) in [6, 6.07) is 0. The quantitative estimate of drug-likeness (QED) is 0.852. The highest BCUT2D eigenvalue weighted by Crippen LogP contribution is 2.42. The summed E-state index contributed by atoms with van der Waals surface area (Å²) in [5, 5.41) is 12.7. The highest BCUT2D eigenvalue weighted by Gasteiger charge is 2.39. The van der Waals surface area contributed by atoms with Gasteiger partial charge in [0.1, 0.15) is 5.01 Å². The van der Waals surface area contributed by atoms with Crippen LogP contribution in [0.5, 0.6) is 0 Å². The maximum absolute atomic E-state index is 11.6. The van der Waals surface area contributed by atoms with Crippen molar-refractivity contribution in [1.29, 1.82) is 0 Å². The van der Waals surface area contributed by atoms with Gasteiger partial charge < -0.3 is 5.32 Å². The van der Waals surface area contributed by atoms with Crippen molar-refractivity contribution >= 4 is 22.4 Å².